The van der Waals surface area contributed by atoms with E-state index in [1.54, 1.807) is 12.5 Å². The second-order valence-corrected chi connectivity index (χ2v) is 4.83. The first-order chi connectivity index (χ1) is 9.58. The van der Waals surface area contributed by atoms with Gasteiger partial charge in [0, 0.05) is 11.8 Å². The number of nitrogen functional groups attached to an aromatic ring is 1. The highest BCUT2D eigenvalue weighted by Crippen LogP contribution is 2.25. The van der Waals surface area contributed by atoms with Gasteiger partial charge < -0.3 is 10.3 Å². The molecule has 0 spiro atoms. The van der Waals surface area contributed by atoms with E-state index in [-0.39, 0.29) is 6.04 Å². The molecule has 1 atom stereocenters. The third-order valence-electron chi connectivity index (χ3n) is 3.45. The van der Waals surface area contributed by atoms with Crippen molar-refractivity contribution in [2.24, 2.45) is 0 Å². The van der Waals surface area contributed by atoms with E-state index in [2.05, 4.69) is 26.9 Å². The molecule has 0 saturated carbocycles. The van der Waals surface area contributed by atoms with Crippen molar-refractivity contribution >= 4 is 17.0 Å². The maximum Gasteiger partial charge on any atom is 0.164 e. The lowest BCUT2D eigenvalue weighted by molar-refractivity contribution is 0.651. The third kappa shape index (κ3) is 1.89. The highest BCUT2D eigenvalue weighted by atomic mass is 15.1. The van der Waals surface area contributed by atoms with Gasteiger partial charge in [0.25, 0.3) is 0 Å². The largest absolute Gasteiger partial charge is 0.383 e. The maximum absolute atomic E-state index is 5.95. The fourth-order valence-electron chi connectivity index (χ4n) is 2.41. The predicted molar refractivity (Wildman–Crippen MR) is 77.3 cm³/mol. The molecular formula is C14H16N6. The van der Waals surface area contributed by atoms with Gasteiger partial charge in [-0.3, -0.25) is 0 Å². The molecule has 3 rings (SSSR count). The average Bonchev–Trinajstić information content (AvgIpc) is 2.82. The molecule has 0 aliphatic carbocycles. The third-order valence-corrected chi connectivity index (χ3v) is 3.45. The molecule has 6 nitrogen and oxygen atoms in total. The van der Waals surface area contributed by atoms with Gasteiger partial charge in [0.05, 0.1) is 18.1 Å². The van der Waals surface area contributed by atoms with Crippen LogP contribution in [0.3, 0.4) is 0 Å². The lowest BCUT2D eigenvalue weighted by Crippen LogP contribution is -2.10. The van der Waals surface area contributed by atoms with Crippen LogP contribution < -0.4 is 5.73 Å². The molecule has 3 heterocycles. The van der Waals surface area contributed by atoms with E-state index in [9.17, 15) is 0 Å². The Labute approximate surface area is 116 Å². The number of hydrogen-bond acceptors (Lipinski definition) is 5. The first-order valence-corrected chi connectivity index (χ1v) is 6.46. The molecule has 3 aromatic rings. The van der Waals surface area contributed by atoms with Gasteiger partial charge in [0.2, 0.25) is 0 Å². The zero-order valence-corrected chi connectivity index (χ0v) is 11.7. The maximum atomic E-state index is 5.95. The highest BCUT2D eigenvalue weighted by molar-refractivity contribution is 5.73. The molecule has 0 amide bonds. The van der Waals surface area contributed by atoms with Crippen molar-refractivity contribution in [3.05, 3.63) is 41.7 Å². The summed E-state index contributed by atoms with van der Waals surface area (Å²) in [5.41, 5.74) is 9.45. The molecule has 0 saturated heterocycles. The summed E-state index contributed by atoms with van der Waals surface area (Å²) >= 11 is 0. The second kappa shape index (κ2) is 4.56. The monoisotopic (exact) mass is 268 g/mol. The summed E-state index contributed by atoms with van der Waals surface area (Å²) < 4.78 is 2.00. The predicted octanol–water partition coefficient (Wildman–Crippen LogP) is 2.03. The van der Waals surface area contributed by atoms with Crippen molar-refractivity contribution in [3.63, 3.8) is 0 Å². The number of aryl methyl sites for hydroxylation is 2. The van der Waals surface area contributed by atoms with E-state index in [1.807, 2.05) is 30.5 Å². The smallest absolute Gasteiger partial charge is 0.164 e. The first kappa shape index (κ1) is 12.5. The van der Waals surface area contributed by atoms with Crippen LogP contribution in [0.15, 0.2) is 24.7 Å². The number of fused-ring (bicyclic) bond motifs is 1. The van der Waals surface area contributed by atoms with Crippen LogP contribution in [-0.2, 0) is 0 Å². The van der Waals surface area contributed by atoms with Crippen LogP contribution in [0, 0.1) is 13.8 Å². The lowest BCUT2D eigenvalue weighted by Gasteiger charge is -2.15. The van der Waals surface area contributed by atoms with Gasteiger partial charge >= 0.3 is 0 Å². The summed E-state index contributed by atoms with van der Waals surface area (Å²) in [6.45, 7) is 5.88. The van der Waals surface area contributed by atoms with Crippen molar-refractivity contribution in [3.8, 4) is 0 Å². The van der Waals surface area contributed by atoms with Crippen LogP contribution in [0.5, 0.6) is 0 Å². The zero-order chi connectivity index (χ0) is 14.3. The molecular weight excluding hydrogens is 252 g/mol. The van der Waals surface area contributed by atoms with E-state index in [1.165, 1.54) is 0 Å². The van der Waals surface area contributed by atoms with Gasteiger partial charge in [0.1, 0.15) is 17.2 Å². The van der Waals surface area contributed by atoms with Crippen LogP contribution in [0.1, 0.15) is 30.0 Å². The van der Waals surface area contributed by atoms with Gasteiger partial charge in [0.15, 0.2) is 5.65 Å². The average molecular weight is 268 g/mol. The minimum Gasteiger partial charge on any atom is -0.383 e. The molecule has 2 N–H and O–H groups in total. The van der Waals surface area contributed by atoms with Crippen molar-refractivity contribution in [2.45, 2.75) is 26.8 Å². The Morgan fingerprint density at radius 2 is 2.00 bits per heavy atom. The Morgan fingerprint density at radius 1 is 1.20 bits per heavy atom. The van der Waals surface area contributed by atoms with Gasteiger partial charge in [-0.2, -0.15) is 0 Å². The number of anilines is 1. The van der Waals surface area contributed by atoms with Gasteiger partial charge in [-0.1, -0.05) is 6.07 Å². The number of nitrogens with zero attached hydrogens (tertiary/aromatic N) is 5. The fourth-order valence-corrected chi connectivity index (χ4v) is 2.41. The summed E-state index contributed by atoms with van der Waals surface area (Å²) in [5.74, 6) is 1.27. The highest BCUT2D eigenvalue weighted by Gasteiger charge is 2.16. The van der Waals surface area contributed by atoms with E-state index in [0.29, 0.717) is 5.82 Å². The molecule has 102 valence electrons. The van der Waals surface area contributed by atoms with E-state index in [4.69, 9.17) is 5.73 Å². The number of nitrogens with two attached hydrogens (primary N) is 1. The molecule has 0 aliphatic rings. The number of rotatable bonds is 2. The molecule has 0 fully saturated rings. The van der Waals surface area contributed by atoms with Crippen LogP contribution in [0.4, 0.5) is 5.82 Å². The summed E-state index contributed by atoms with van der Waals surface area (Å²) in [5, 5.41) is 0. The summed E-state index contributed by atoms with van der Waals surface area (Å²) in [6.07, 6.45) is 3.47. The van der Waals surface area contributed by atoms with Crippen molar-refractivity contribution in [1.29, 1.82) is 0 Å². The minimum atomic E-state index is 0.0161. The standard InChI is InChI=1S/C14H16N6/c1-8-12-14(19-10(3)18-8)20(7-17-12)9(2)11-5-4-6-16-13(11)15/h4-7,9H,1-3H3,(H2,15,16). The summed E-state index contributed by atoms with van der Waals surface area (Å²) in [7, 11) is 0. The quantitative estimate of drug-likeness (QED) is 0.769. The van der Waals surface area contributed by atoms with Crippen LogP contribution in [0.25, 0.3) is 11.2 Å². The van der Waals surface area contributed by atoms with E-state index >= 15 is 0 Å². The van der Waals surface area contributed by atoms with Gasteiger partial charge in [-0.25, -0.2) is 19.9 Å². The molecule has 1 unspecified atom stereocenters. The fraction of sp³-hybridized carbons (Fsp3) is 0.286. The van der Waals surface area contributed by atoms with Crippen LogP contribution in [0.2, 0.25) is 0 Å². The van der Waals surface area contributed by atoms with Crippen LogP contribution in [-0.4, -0.2) is 24.5 Å². The van der Waals surface area contributed by atoms with E-state index < -0.39 is 0 Å². The zero-order valence-electron chi connectivity index (χ0n) is 11.7. The SMILES string of the molecule is Cc1nc(C)c2ncn(C(C)c3cccnc3N)c2n1. The summed E-state index contributed by atoms with van der Waals surface area (Å²) in [6, 6.07) is 3.87. The van der Waals surface area contributed by atoms with Crippen molar-refractivity contribution < 1.29 is 0 Å². The molecule has 0 aliphatic heterocycles. The van der Waals surface area contributed by atoms with E-state index in [0.717, 1.165) is 28.2 Å². The van der Waals surface area contributed by atoms with Gasteiger partial charge in [-0.05, 0) is 26.8 Å². The second-order valence-electron chi connectivity index (χ2n) is 4.83. The minimum absolute atomic E-state index is 0.0161. The summed E-state index contributed by atoms with van der Waals surface area (Å²) in [4.78, 5) is 17.4. The first-order valence-electron chi connectivity index (χ1n) is 6.46. The Bertz CT molecular complexity index is 776. The molecule has 0 radical (unpaired) electrons. The molecule has 6 heteroatoms. The lowest BCUT2D eigenvalue weighted by atomic mass is 10.1. The Balaban J connectivity index is 2.18. The van der Waals surface area contributed by atoms with Crippen molar-refractivity contribution in [2.75, 3.05) is 5.73 Å². The van der Waals surface area contributed by atoms with Crippen molar-refractivity contribution in [1.82, 2.24) is 24.5 Å². The Kier molecular flexibility index (Phi) is 2.85. The normalized spacial score (nSPS) is 12.8. The number of hydrogen-bond donors (Lipinski definition) is 1. The molecule has 0 aromatic carbocycles. The number of imidazole rings is 1. The molecule has 0 bridgehead atoms. The van der Waals surface area contributed by atoms with Crippen LogP contribution >= 0.6 is 0 Å². The molecule has 20 heavy (non-hydrogen) atoms. The Hall–Kier alpha value is -2.50. The van der Waals surface area contributed by atoms with Gasteiger partial charge in [-0.15, -0.1) is 0 Å². The number of aromatic nitrogens is 5. The Morgan fingerprint density at radius 3 is 2.75 bits per heavy atom. The molecule has 3 aromatic heterocycles. The number of pyridine rings is 1. The topological polar surface area (TPSA) is 82.5 Å².